The second-order valence-corrected chi connectivity index (χ2v) is 13.1. The molecule has 0 saturated carbocycles. The largest absolute Gasteiger partial charge is 0.478 e. The molecule has 4 rings (SSSR count). The number of carboxylic acids is 2. The molecule has 1 aromatic carbocycles. The van der Waals surface area contributed by atoms with Gasteiger partial charge < -0.3 is 29.7 Å². The molecule has 3 N–H and O–H groups in total. The molecule has 0 spiro atoms. The number of carbonyl (C=O) groups is 5. The summed E-state index contributed by atoms with van der Waals surface area (Å²) < 4.78 is 23.5. The highest BCUT2D eigenvalue weighted by atomic mass is 32.2. The maximum Gasteiger partial charge on any atom is 0.358 e. The van der Waals surface area contributed by atoms with Gasteiger partial charge >= 0.3 is 23.9 Å². The number of β-lactam (4-membered cyclic amide) rings is 1. The minimum atomic E-state index is -1.26. The number of nitrogens with zero attached hydrogens (tertiary/aromatic N) is 2. The van der Waals surface area contributed by atoms with E-state index in [9.17, 15) is 33.5 Å². The van der Waals surface area contributed by atoms with Crippen molar-refractivity contribution in [1.29, 1.82) is 0 Å². The van der Waals surface area contributed by atoms with E-state index >= 15 is 0 Å². The first kappa shape index (κ1) is 34.7. The van der Waals surface area contributed by atoms with E-state index in [1.165, 1.54) is 17.0 Å². The van der Waals surface area contributed by atoms with Crippen LogP contribution in [0.1, 0.15) is 40.2 Å². The fraction of sp³-hybridized carbons (Fsp3) is 0.500. The van der Waals surface area contributed by atoms with Crippen molar-refractivity contribution in [3.63, 3.8) is 0 Å². The van der Waals surface area contributed by atoms with Gasteiger partial charge in [0, 0.05) is 47.9 Å². The number of rotatable bonds is 10. The molecule has 1 amide bonds. The summed E-state index contributed by atoms with van der Waals surface area (Å²) in [5.74, 6) is -5.01. The molecule has 3 aliphatic rings. The van der Waals surface area contributed by atoms with Crippen molar-refractivity contribution >= 4 is 41.5 Å². The molecule has 0 bridgehead atoms. The molecule has 0 radical (unpaired) electrons. The number of ether oxygens (including phenoxy) is 2. The molecule has 2 fully saturated rings. The van der Waals surface area contributed by atoms with Gasteiger partial charge in [0.1, 0.15) is 11.5 Å². The fourth-order valence-corrected chi connectivity index (χ4v) is 6.56. The first-order valence-electron chi connectivity index (χ1n) is 13.9. The maximum absolute atomic E-state index is 13.2. The van der Waals surface area contributed by atoms with Crippen molar-refractivity contribution in [3.8, 4) is 0 Å². The predicted octanol–water partition coefficient (Wildman–Crippen LogP) is 2.61. The molecule has 0 aromatic heterocycles. The number of esters is 2. The van der Waals surface area contributed by atoms with Crippen LogP contribution in [0.3, 0.4) is 0 Å². The average Bonchev–Trinajstić information content (AvgIpc) is 3.14. The first-order valence-corrected chi connectivity index (χ1v) is 14.8. The molecular formula is C30H37FN2O10S. The summed E-state index contributed by atoms with van der Waals surface area (Å²) in [5.41, 5.74) is 0.474. The summed E-state index contributed by atoms with van der Waals surface area (Å²) in [4.78, 5) is 61.5. The first-order chi connectivity index (χ1) is 20.5. The van der Waals surface area contributed by atoms with Crippen molar-refractivity contribution in [2.75, 3.05) is 19.9 Å². The van der Waals surface area contributed by atoms with Gasteiger partial charge in [0.25, 0.3) is 0 Å². The molecule has 0 unspecified atom stereocenters. The zero-order valence-electron chi connectivity index (χ0n) is 25.1. The van der Waals surface area contributed by atoms with Gasteiger partial charge in [-0.3, -0.25) is 14.5 Å². The van der Waals surface area contributed by atoms with E-state index in [1.54, 1.807) is 51.6 Å². The number of aliphatic hydroxyl groups excluding tert-OH is 1. The number of amides is 1. The number of benzene rings is 1. The van der Waals surface area contributed by atoms with Crippen molar-refractivity contribution in [2.24, 2.45) is 17.3 Å². The van der Waals surface area contributed by atoms with Crippen LogP contribution in [-0.2, 0) is 40.0 Å². The minimum absolute atomic E-state index is 0.141. The van der Waals surface area contributed by atoms with Crippen molar-refractivity contribution < 1.29 is 53.2 Å². The number of hydrogen-bond donors (Lipinski definition) is 3. The predicted molar refractivity (Wildman–Crippen MR) is 156 cm³/mol. The van der Waals surface area contributed by atoms with Gasteiger partial charge in [0.2, 0.25) is 12.7 Å². The van der Waals surface area contributed by atoms with Gasteiger partial charge in [-0.25, -0.2) is 18.8 Å². The van der Waals surface area contributed by atoms with Crippen LogP contribution in [0.15, 0.2) is 47.0 Å². The summed E-state index contributed by atoms with van der Waals surface area (Å²) in [6.07, 6.45) is 0.287. The lowest BCUT2D eigenvalue weighted by atomic mass is 9.79. The molecule has 1 aromatic rings. The molecule has 3 aliphatic heterocycles. The molecule has 3 heterocycles. The van der Waals surface area contributed by atoms with Crippen molar-refractivity contribution in [1.82, 2.24) is 9.80 Å². The Kier molecular flexibility index (Phi) is 11.3. The number of carbonyl (C=O) groups excluding carboxylic acids is 3. The van der Waals surface area contributed by atoms with E-state index in [1.807, 2.05) is 6.92 Å². The van der Waals surface area contributed by atoms with Gasteiger partial charge in [0.05, 0.1) is 23.5 Å². The standard InChI is InChI=1S/C26H33FN2O6S.C4H4O4/c1-14-20-19(15(2)30)23(31)29(20)21(24(32)34-13-35-25(33)26(3,4)5)22(14)36-18-11-28(12-18)10-16-6-8-17(27)9-7-16;5-3(6)1-2-4(7)8/h6-9,14-15,18-20,30H,10-13H2,1-5H3;1-2H,(H,5,6)(H,7,8)/b;2-1-/t14-,15-,19-,20-;/m1./s1. The molecule has 240 valence electrons. The third-order valence-corrected chi connectivity index (χ3v) is 8.65. The highest BCUT2D eigenvalue weighted by Gasteiger charge is 2.60. The lowest BCUT2D eigenvalue weighted by molar-refractivity contribution is -0.175. The molecule has 12 nitrogen and oxygen atoms in total. The molecule has 0 aliphatic carbocycles. The Labute approximate surface area is 258 Å². The lowest BCUT2D eigenvalue weighted by Crippen LogP contribution is -2.63. The minimum Gasteiger partial charge on any atom is -0.478 e. The molecule has 44 heavy (non-hydrogen) atoms. The molecule has 14 heteroatoms. The second kappa shape index (κ2) is 14.4. The normalized spacial score (nSPS) is 22.4. The van der Waals surface area contributed by atoms with Gasteiger partial charge in [0.15, 0.2) is 0 Å². The van der Waals surface area contributed by atoms with Crippen LogP contribution in [0.2, 0.25) is 0 Å². The maximum atomic E-state index is 13.2. The van der Waals surface area contributed by atoms with Crippen LogP contribution in [0.5, 0.6) is 0 Å². The summed E-state index contributed by atoms with van der Waals surface area (Å²) in [5, 5.41) is 26.0. The van der Waals surface area contributed by atoms with Crippen molar-refractivity contribution in [3.05, 3.63) is 58.4 Å². The van der Waals surface area contributed by atoms with Crippen LogP contribution in [0.25, 0.3) is 0 Å². The number of thioether (sulfide) groups is 1. The van der Waals surface area contributed by atoms with Gasteiger partial charge in [-0.05, 0) is 45.4 Å². The number of fused-ring (bicyclic) bond motifs is 1. The third kappa shape index (κ3) is 8.45. The van der Waals surface area contributed by atoms with Gasteiger partial charge in [-0.1, -0.05) is 19.1 Å². The van der Waals surface area contributed by atoms with E-state index < -0.39 is 48.1 Å². The highest BCUT2D eigenvalue weighted by Crippen LogP contribution is 2.52. The summed E-state index contributed by atoms with van der Waals surface area (Å²) in [6, 6.07) is 6.12. The topological polar surface area (TPSA) is 171 Å². The number of hydrogen-bond acceptors (Lipinski definition) is 10. The quantitative estimate of drug-likeness (QED) is 0.149. The Morgan fingerprint density at radius 2 is 1.64 bits per heavy atom. The number of halogens is 1. The second-order valence-electron chi connectivity index (χ2n) is 11.8. The van der Waals surface area contributed by atoms with Gasteiger partial charge in [-0.2, -0.15) is 0 Å². The van der Waals surface area contributed by atoms with E-state index in [0.29, 0.717) is 18.7 Å². The third-order valence-electron chi connectivity index (χ3n) is 7.20. The number of aliphatic carboxylic acids is 2. The molecule has 2 saturated heterocycles. The van der Waals surface area contributed by atoms with Crippen LogP contribution in [0.4, 0.5) is 4.39 Å². The monoisotopic (exact) mass is 636 g/mol. The zero-order valence-corrected chi connectivity index (χ0v) is 25.9. The summed E-state index contributed by atoms with van der Waals surface area (Å²) in [6.45, 7) is 10.4. The van der Waals surface area contributed by atoms with Crippen molar-refractivity contribution in [2.45, 2.75) is 58.6 Å². The number of aliphatic hydroxyl groups is 1. The lowest BCUT2D eigenvalue weighted by Gasteiger charge is -2.46. The Morgan fingerprint density at radius 1 is 1.07 bits per heavy atom. The van der Waals surface area contributed by atoms with E-state index in [4.69, 9.17) is 19.7 Å². The van der Waals surface area contributed by atoms with E-state index in [0.717, 1.165) is 23.6 Å². The fourth-order valence-electron chi connectivity index (χ4n) is 4.99. The van der Waals surface area contributed by atoms with Crippen LogP contribution < -0.4 is 0 Å². The SMILES string of the molecule is C[C@@H](O)[C@H]1C(=O)N2C(C(=O)OCOC(=O)C(C)(C)C)=C(SC3CN(Cc4ccc(F)cc4)C3)[C@H](C)[C@H]12.O=C(O)/C=C\C(=O)O. The highest BCUT2D eigenvalue weighted by molar-refractivity contribution is 8.03. The average molecular weight is 637 g/mol. The summed E-state index contributed by atoms with van der Waals surface area (Å²) >= 11 is 1.56. The van der Waals surface area contributed by atoms with Crippen LogP contribution in [-0.4, -0.2) is 92.2 Å². The Bertz CT molecular complexity index is 1320. The molecular weight excluding hydrogens is 599 g/mol. The molecule has 4 atom stereocenters. The zero-order chi connectivity index (χ0) is 32.9. The van der Waals surface area contributed by atoms with E-state index in [-0.39, 0.29) is 34.6 Å². The number of carboxylic acid groups (broad SMARTS) is 2. The van der Waals surface area contributed by atoms with Crippen LogP contribution in [0, 0.1) is 23.1 Å². The number of likely N-dealkylation sites (tertiary alicyclic amines) is 1. The van der Waals surface area contributed by atoms with Crippen LogP contribution >= 0.6 is 11.8 Å². The Morgan fingerprint density at radius 3 is 2.14 bits per heavy atom. The smallest absolute Gasteiger partial charge is 0.358 e. The Balaban J connectivity index is 0.000000583. The van der Waals surface area contributed by atoms with E-state index in [2.05, 4.69) is 4.90 Å². The van der Waals surface area contributed by atoms with Gasteiger partial charge in [-0.15, -0.1) is 11.8 Å². The summed E-state index contributed by atoms with van der Waals surface area (Å²) in [7, 11) is 0. The Hall–Kier alpha value is -3.75.